The number of rotatable bonds is 2. The fourth-order valence-electron chi connectivity index (χ4n) is 2.53. The summed E-state index contributed by atoms with van der Waals surface area (Å²) >= 11 is 3.27. The van der Waals surface area contributed by atoms with Crippen LogP contribution in [-0.2, 0) is 17.6 Å². The lowest BCUT2D eigenvalue weighted by Crippen LogP contribution is -2.17. The molecule has 0 saturated heterocycles. The van der Waals surface area contributed by atoms with Crippen LogP contribution in [0.1, 0.15) is 39.9 Å². The van der Waals surface area contributed by atoms with Crippen LogP contribution >= 0.6 is 15.9 Å². The molecular formula is C13H13BrO4. The smallest absolute Gasteiger partial charge is 0.377 e. The van der Waals surface area contributed by atoms with Crippen molar-refractivity contribution < 1.29 is 19.8 Å². The Balaban J connectivity index is 2.72. The Morgan fingerprint density at radius 3 is 2.28 bits per heavy atom. The van der Waals surface area contributed by atoms with Crippen molar-refractivity contribution in [2.24, 2.45) is 0 Å². The number of hydrogen-bond acceptors (Lipinski definition) is 3. The summed E-state index contributed by atoms with van der Waals surface area (Å²) in [5.74, 6) is -2.85. The zero-order valence-electron chi connectivity index (χ0n) is 9.92. The van der Waals surface area contributed by atoms with Gasteiger partial charge in [0.1, 0.15) is 5.75 Å². The highest BCUT2D eigenvalue weighted by Crippen LogP contribution is 2.40. The lowest BCUT2D eigenvalue weighted by atomic mass is 9.85. The maximum Gasteiger partial charge on any atom is 0.377 e. The molecule has 4 nitrogen and oxygen atoms in total. The Morgan fingerprint density at radius 1 is 1.17 bits per heavy atom. The lowest BCUT2D eigenvalue weighted by molar-refractivity contribution is -0.131. The zero-order chi connectivity index (χ0) is 13.4. The number of Topliss-reactive ketones (excluding diaryl/α,β-unsaturated/α-hetero) is 1. The maximum atomic E-state index is 11.6. The minimum Gasteiger partial charge on any atom is -0.506 e. The Kier molecular flexibility index (Phi) is 3.43. The van der Waals surface area contributed by atoms with Gasteiger partial charge in [0.15, 0.2) is 0 Å². The fraction of sp³-hybridized carbons (Fsp3) is 0.385. The van der Waals surface area contributed by atoms with Gasteiger partial charge in [0, 0.05) is 0 Å². The van der Waals surface area contributed by atoms with E-state index in [0.717, 1.165) is 36.8 Å². The standard InChI is InChI=1S/C13H13BrO4/c1-6-7-4-2-3-5-8(7)10(14)11(15)9(6)12(16)13(17)18/h15H,2-5H2,1H3,(H,17,18). The van der Waals surface area contributed by atoms with Gasteiger partial charge in [-0.1, -0.05) is 0 Å². The van der Waals surface area contributed by atoms with E-state index in [1.54, 1.807) is 6.92 Å². The molecule has 1 aliphatic rings. The number of carboxylic acid groups (broad SMARTS) is 1. The largest absolute Gasteiger partial charge is 0.506 e. The van der Waals surface area contributed by atoms with Crippen LogP contribution in [0.2, 0.25) is 0 Å². The SMILES string of the molecule is Cc1c2c(c(Br)c(O)c1C(=O)C(=O)O)CCCC2. The molecule has 18 heavy (non-hydrogen) atoms. The van der Waals surface area contributed by atoms with Gasteiger partial charge in [-0.2, -0.15) is 0 Å². The predicted molar refractivity (Wildman–Crippen MR) is 69.2 cm³/mol. The second kappa shape index (κ2) is 4.72. The molecule has 0 bridgehead atoms. The molecule has 0 atom stereocenters. The van der Waals surface area contributed by atoms with Crippen LogP contribution in [0.4, 0.5) is 0 Å². The van der Waals surface area contributed by atoms with Crippen LogP contribution in [0.5, 0.6) is 5.75 Å². The summed E-state index contributed by atoms with van der Waals surface area (Å²) in [6, 6.07) is 0. The van der Waals surface area contributed by atoms with Gasteiger partial charge in [-0.3, -0.25) is 4.79 Å². The summed E-state index contributed by atoms with van der Waals surface area (Å²) in [6.45, 7) is 1.70. The van der Waals surface area contributed by atoms with Gasteiger partial charge in [-0.15, -0.1) is 0 Å². The van der Waals surface area contributed by atoms with Crippen molar-refractivity contribution in [2.45, 2.75) is 32.6 Å². The molecule has 1 aromatic carbocycles. The molecule has 0 saturated carbocycles. The quantitative estimate of drug-likeness (QED) is 0.650. The van der Waals surface area contributed by atoms with Crippen molar-refractivity contribution in [3.8, 4) is 5.75 Å². The number of carbonyl (C=O) groups excluding carboxylic acids is 1. The van der Waals surface area contributed by atoms with Gasteiger partial charge in [-0.25, -0.2) is 4.79 Å². The number of ketones is 1. The van der Waals surface area contributed by atoms with Crippen molar-refractivity contribution in [1.82, 2.24) is 0 Å². The van der Waals surface area contributed by atoms with Crippen molar-refractivity contribution in [3.63, 3.8) is 0 Å². The molecule has 0 spiro atoms. The second-order valence-electron chi connectivity index (χ2n) is 4.46. The number of hydrogen-bond donors (Lipinski definition) is 2. The highest BCUT2D eigenvalue weighted by atomic mass is 79.9. The first kappa shape index (κ1) is 13.1. The first-order chi connectivity index (χ1) is 8.45. The monoisotopic (exact) mass is 312 g/mol. The number of aromatic hydroxyl groups is 1. The second-order valence-corrected chi connectivity index (χ2v) is 5.25. The summed E-state index contributed by atoms with van der Waals surface area (Å²) < 4.78 is 0.465. The zero-order valence-corrected chi connectivity index (χ0v) is 11.5. The van der Waals surface area contributed by atoms with E-state index in [0.29, 0.717) is 10.0 Å². The van der Waals surface area contributed by atoms with Crippen LogP contribution in [-0.4, -0.2) is 22.0 Å². The maximum absolute atomic E-state index is 11.6. The Hall–Kier alpha value is -1.36. The molecule has 5 heteroatoms. The topological polar surface area (TPSA) is 74.6 Å². The number of halogens is 1. The summed E-state index contributed by atoms with van der Waals surface area (Å²) in [5.41, 5.74) is 2.50. The van der Waals surface area contributed by atoms with Gasteiger partial charge in [-0.05, 0) is 65.2 Å². The molecule has 0 aliphatic heterocycles. The molecule has 2 rings (SSSR count). The number of phenolic OH excluding ortho intramolecular Hbond substituents is 1. The number of fused-ring (bicyclic) bond motifs is 1. The minimum atomic E-state index is -1.55. The third-order valence-electron chi connectivity index (χ3n) is 3.43. The number of phenols is 1. The van der Waals surface area contributed by atoms with Crippen molar-refractivity contribution in [1.29, 1.82) is 0 Å². The molecule has 96 valence electrons. The van der Waals surface area contributed by atoms with Crippen molar-refractivity contribution in [3.05, 3.63) is 26.7 Å². The first-order valence-corrected chi connectivity index (χ1v) is 6.54. The van der Waals surface area contributed by atoms with Crippen molar-refractivity contribution >= 4 is 27.7 Å². The lowest BCUT2D eigenvalue weighted by Gasteiger charge is -2.22. The molecule has 0 fully saturated rings. The van der Waals surface area contributed by atoms with Crippen LogP contribution in [0.15, 0.2) is 4.47 Å². The van der Waals surface area contributed by atoms with Gasteiger partial charge in [0.05, 0.1) is 10.0 Å². The van der Waals surface area contributed by atoms with Crippen molar-refractivity contribution in [2.75, 3.05) is 0 Å². The molecule has 1 aliphatic carbocycles. The van der Waals surface area contributed by atoms with Crippen LogP contribution in [0.25, 0.3) is 0 Å². The van der Waals surface area contributed by atoms with Gasteiger partial charge < -0.3 is 10.2 Å². The molecule has 0 radical (unpaired) electrons. The minimum absolute atomic E-state index is 0.0879. The highest BCUT2D eigenvalue weighted by molar-refractivity contribution is 9.10. The Labute approximate surface area is 113 Å². The predicted octanol–water partition coefficient (Wildman–Crippen LogP) is 2.61. The summed E-state index contributed by atoms with van der Waals surface area (Å²) in [7, 11) is 0. The number of aliphatic carboxylic acids is 1. The average Bonchev–Trinajstić information content (AvgIpc) is 2.36. The average molecular weight is 313 g/mol. The molecule has 2 N–H and O–H groups in total. The summed E-state index contributed by atoms with van der Waals surface area (Å²) in [5, 5.41) is 18.8. The molecule has 0 amide bonds. The number of benzene rings is 1. The summed E-state index contributed by atoms with van der Waals surface area (Å²) in [6.07, 6.45) is 3.72. The van der Waals surface area contributed by atoms with Gasteiger partial charge in [0.2, 0.25) is 0 Å². The molecule has 0 aromatic heterocycles. The van der Waals surface area contributed by atoms with E-state index in [-0.39, 0.29) is 11.3 Å². The summed E-state index contributed by atoms with van der Waals surface area (Å²) in [4.78, 5) is 22.5. The molecule has 0 unspecified atom stereocenters. The highest BCUT2D eigenvalue weighted by Gasteiger charge is 2.28. The number of carbonyl (C=O) groups is 2. The van der Waals surface area contributed by atoms with Gasteiger partial charge in [0.25, 0.3) is 5.78 Å². The van der Waals surface area contributed by atoms with Crippen LogP contribution in [0.3, 0.4) is 0 Å². The molecular weight excluding hydrogens is 300 g/mol. The molecule has 1 aromatic rings. The van der Waals surface area contributed by atoms with E-state index < -0.39 is 11.8 Å². The van der Waals surface area contributed by atoms with Gasteiger partial charge >= 0.3 is 5.97 Å². The van der Waals surface area contributed by atoms with Crippen LogP contribution < -0.4 is 0 Å². The normalized spacial score (nSPS) is 14.1. The Morgan fingerprint density at radius 2 is 1.72 bits per heavy atom. The fourth-order valence-corrected chi connectivity index (χ4v) is 3.16. The number of carboxylic acids is 1. The molecule has 0 heterocycles. The van der Waals surface area contributed by atoms with E-state index >= 15 is 0 Å². The van der Waals surface area contributed by atoms with E-state index in [1.807, 2.05) is 0 Å². The first-order valence-electron chi connectivity index (χ1n) is 5.75. The van der Waals surface area contributed by atoms with E-state index in [9.17, 15) is 14.7 Å². The third-order valence-corrected chi connectivity index (χ3v) is 4.28. The van der Waals surface area contributed by atoms with E-state index in [1.165, 1.54) is 0 Å². The van der Waals surface area contributed by atoms with Crippen LogP contribution in [0, 0.1) is 6.92 Å². The Bertz CT molecular complexity index is 549. The third kappa shape index (κ3) is 1.92. The van der Waals surface area contributed by atoms with E-state index in [4.69, 9.17) is 5.11 Å². The van der Waals surface area contributed by atoms with E-state index in [2.05, 4.69) is 15.9 Å².